The van der Waals surface area contributed by atoms with Crippen LogP contribution in [0.1, 0.15) is 34.1 Å². The van der Waals surface area contributed by atoms with Crippen molar-refractivity contribution in [3.63, 3.8) is 0 Å². The van der Waals surface area contributed by atoms with Gasteiger partial charge in [0.25, 0.3) is 0 Å². The second kappa shape index (κ2) is 5.04. The van der Waals surface area contributed by atoms with E-state index < -0.39 is 0 Å². The topological polar surface area (TPSA) is 0 Å². The van der Waals surface area contributed by atoms with Gasteiger partial charge in [0.05, 0.1) is 8.80 Å². The zero-order valence-electron chi connectivity index (χ0n) is 7.20. The molecule has 0 N–H and O–H groups in total. The molecule has 0 aliphatic heterocycles. The van der Waals surface area contributed by atoms with Gasteiger partial charge in [0, 0.05) is 0 Å². The summed E-state index contributed by atoms with van der Waals surface area (Å²) in [5, 5.41) is 0. The molecule has 1 heteroatoms. The van der Waals surface area contributed by atoms with Crippen LogP contribution in [0.2, 0.25) is 17.6 Å². The van der Waals surface area contributed by atoms with Gasteiger partial charge in [-0.15, -0.1) is 0 Å². The Morgan fingerprint density at radius 3 is 1.67 bits per heavy atom. The van der Waals surface area contributed by atoms with E-state index in [1.165, 1.54) is 18.5 Å². The van der Waals surface area contributed by atoms with Crippen LogP contribution in [0.15, 0.2) is 0 Å². The predicted octanol–water partition coefficient (Wildman–Crippen LogP) is 3.32. The Balaban J connectivity index is 3.50. The van der Waals surface area contributed by atoms with Gasteiger partial charge in [-0.05, 0) is 0 Å². The molecule has 0 fully saturated rings. The summed E-state index contributed by atoms with van der Waals surface area (Å²) < 4.78 is 0. The van der Waals surface area contributed by atoms with Crippen molar-refractivity contribution in [3.8, 4) is 0 Å². The third-order valence-corrected chi connectivity index (χ3v) is 5.84. The average Bonchev–Trinajstić information content (AvgIpc) is 1.90. The second-order valence-electron chi connectivity index (χ2n) is 2.67. The van der Waals surface area contributed by atoms with Crippen molar-refractivity contribution in [3.05, 3.63) is 0 Å². The quantitative estimate of drug-likeness (QED) is 0.530. The minimum absolute atomic E-state index is 0.0481. The molecular formula is C8H19Si. The van der Waals surface area contributed by atoms with Crippen molar-refractivity contribution in [1.29, 1.82) is 0 Å². The Kier molecular flexibility index (Phi) is 5.16. The van der Waals surface area contributed by atoms with Gasteiger partial charge in [0.1, 0.15) is 0 Å². The summed E-state index contributed by atoms with van der Waals surface area (Å²) in [5.74, 6) is 0. The molecule has 55 valence electrons. The molecular weight excluding hydrogens is 124 g/mol. The van der Waals surface area contributed by atoms with Gasteiger partial charge in [0.15, 0.2) is 0 Å². The van der Waals surface area contributed by atoms with E-state index in [0.29, 0.717) is 0 Å². The van der Waals surface area contributed by atoms with Crippen molar-refractivity contribution in [2.75, 3.05) is 0 Å². The molecule has 0 aromatic rings. The smallest absolute Gasteiger partial charge is 0.0503 e. The third kappa shape index (κ3) is 3.04. The number of hydrogen-bond donors (Lipinski definition) is 0. The summed E-state index contributed by atoms with van der Waals surface area (Å²) in [6.45, 7) is 9.38. The molecule has 0 aromatic carbocycles. The van der Waals surface area contributed by atoms with Crippen molar-refractivity contribution in [2.24, 2.45) is 0 Å². The minimum atomic E-state index is 0.0481. The van der Waals surface area contributed by atoms with E-state index >= 15 is 0 Å². The van der Waals surface area contributed by atoms with Crippen LogP contribution in [0, 0.1) is 0 Å². The molecule has 0 nitrogen and oxygen atoms in total. The fraction of sp³-hybridized carbons (Fsp3) is 1.00. The summed E-state index contributed by atoms with van der Waals surface area (Å²) >= 11 is 0. The first-order valence-electron chi connectivity index (χ1n) is 4.10. The van der Waals surface area contributed by atoms with Crippen LogP contribution >= 0.6 is 0 Å². The van der Waals surface area contributed by atoms with Gasteiger partial charge in [-0.3, -0.25) is 0 Å². The van der Waals surface area contributed by atoms with Crippen molar-refractivity contribution in [2.45, 2.75) is 51.7 Å². The molecule has 0 saturated carbocycles. The summed E-state index contributed by atoms with van der Waals surface area (Å²) in [4.78, 5) is 0. The van der Waals surface area contributed by atoms with Gasteiger partial charge < -0.3 is 0 Å². The first-order valence-corrected chi connectivity index (χ1v) is 6.09. The lowest BCUT2D eigenvalue weighted by Gasteiger charge is -2.16. The van der Waals surface area contributed by atoms with E-state index in [9.17, 15) is 0 Å². The van der Waals surface area contributed by atoms with Crippen LogP contribution in [0.3, 0.4) is 0 Å². The molecule has 0 aliphatic carbocycles. The Labute approximate surface area is 61.3 Å². The van der Waals surface area contributed by atoms with Gasteiger partial charge in [-0.1, -0.05) is 51.7 Å². The molecule has 9 heavy (non-hydrogen) atoms. The molecule has 1 radical (unpaired) electrons. The lowest BCUT2D eigenvalue weighted by Crippen LogP contribution is -2.14. The Bertz CT molecular complexity index is 57.6. The normalized spacial score (nSPS) is 14.3. The van der Waals surface area contributed by atoms with Crippen LogP contribution in [0.4, 0.5) is 0 Å². The summed E-state index contributed by atoms with van der Waals surface area (Å²) in [6.07, 6.45) is 1.38. The van der Waals surface area contributed by atoms with Crippen LogP contribution in [0.25, 0.3) is 0 Å². The van der Waals surface area contributed by atoms with E-state index in [1.807, 2.05) is 0 Å². The Hall–Kier alpha value is 0.217. The fourth-order valence-electron chi connectivity index (χ4n) is 1.24. The molecule has 0 heterocycles. The van der Waals surface area contributed by atoms with Crippen molar-refractivity contribution >= 4 is 8.80 Å². The van der Waals surface area contributed by atoms with Gasteiger partial charge in [0.2, 0.25) is 0 Å². The van der Waals surface area contributed by atoms with Crippen LogP contribution < -0.4 is 0 Å². The molecule has 0 aromatic heterocycles. The maximum atomic E-state index is 2.40. The van der Waals surface area contributed by atoms with E-state index in [4.69, 9.17) is 0 Å². The van der Waals surface area contributed by atoms with E-state index in [-0.39, 0.29) is 8.80 Å². The lowest BCUT2D eigenvalue weighted by molar-refractivity contribution is 0.844. The molecule has 0 aliphatic rings. The van der Waals surface area contributed by atoms with E-state index in [2.05, 4.69) is 27.7 Å². The highest BCUT2D eigenvalue weighted by Gasteiger charge is 2.12. The maximum absolute atomic E-state index is 2.40. The largest absolute Gasteiger partial charge is 0.0680 e. The summed E-state index contributed by atoms with van der Waals surface area (Å²) in [5.41, 5.74) is 1.03. The standard InChI is InChI=1S/C8H19Si/c1-5-8(4)9(6-2)7-3/h8H,5-7H2,1-4H3. The van der Waals surface area contributed by atoms with E-state index in [0.717, 1.165) is 5.54 Å². The first kappa shape index (κ1) is 9.22. The highest BCUT2D eigenvalue weighted by Crippen LogP contribution is 2.19. The molecule has 1 atom stereocenters. The molecule has 0 amide bonds. The van der Waals surface area contributed by atoms with Gasteiger partial charge in [-0.2, -0.15) is 0 Å². The lowest BCUT2D eigenvalue weighted by atomic mass is 10.4. The summed E-state index contributed by atoms with van der Waals surface area (Å²) in [6, 6.07) is 2.91. The van der Waals surface area contributed by atoms with Crippen LogP contribution in [-0.4, -0.2) is 8.80 Å². The minimum Gasteiger partial charge on any atom is -0.0680 e. The van der Waals surface area contributed by atoms with Crippen molar-refractivity contribution in [1.82, 2.24) is 0 Å². The Morgan fingerprint density at radius 2 is 1.56 bits per heavy atom. The monoisotopic (exact) mass is 143 g/mol. The third-order valence-electron chi connectivity index (χ3n) is 2.22. The van der Waals surface area contributed by atoms with Crippen LogP contribution in [-0.2, 0) is 0 Å². The van der Waals surface area contributed by atoms with Crippen LogP contribution in [0.5, 0.6) is 0 Å². The van der Waals surface area contributed by atoms with Gasteiger partial charge in [-0.25, -0.2) is 0 Å². The highest BCUT2D eigenvalue weighted by atomic mass is 28.3. The zero-order chi connectivity index (χ0) is 7.28. The highest BCUT2D eigenvalue weighted by molar-refractivity contribution is 6.60. The molecule has 1 unspecified atom stereocenters. The number of rotatable bonds is 4. The average molecular weight is 143 g/mol. The van der Waals surface area contributed by atoms with Gasteiger partial charge >= 0.3 is 0 Å². The maximum Gasteiger partial charge on any atom is 0.0503 e. The fourth-order valence-corrected chi connectivity index (χ4v) is 3.71. The molecule has 0 spiro atoms. The SMILES string of the molecule is CCC(C)[Si](CC)CC. The first-order chi connectivity index (χ1) is 4.26. The Morgan fingerprint density at radius 1 is 1.11 bits per heavy atom. The zero-order valence-corrected chi connectivity index (χ0v) is 8.20. The van der Waals surface area contributed by atoms with Crippen molar-refractivity contribution < 1.29 is 0 Å². The molecule has 0 rings (SSSR count). The molecule has 0 saturated heterocycles. The predicted molar refractivity (Wildman–Crippen MR) is 46.4 cm³/mol. The number of hydrogen-bond acceptors (Lipinski definition) is 0. The van der Waals surface area contributed by atoms with E-state index in [1.54, 1.807) is 0 Å². The summed E-state index contributed by atoms with van der Waals surface area (Å²) in [7, 11) is 0.0481. The second-order valence-corrected chi connectivity index (χ2v) is 6.39. The molecule has 0 bridgehead atoms.